The summed E-state index contributed by atoms with van der Waals surface area (Å²) in [4.78, 5) is 34.9. The number of hydrogen-bond donors (Lipinski definition) is 2. The first kappa shape index (κ1) is 28.1. The molecule has 2 bridgehead atoms. The van der Waals surface area contributed by atoms with Crippen LogP contribution in [0.15, 0.2) is 54.6 Å². The number of carbonyl (C=O) groups excluding carboxylic acids is 2. The van der Waals surface area contributed by atoms with Crippen LogP contribution in [0.25, 0.3) is 16.6 Å². The van der Waals surface area contributed by atoms with Gasteiger partial charge in [0.1, 0.15) is 16.9 Å². The third kappa shape index (κ3) is 6.15. The van der Waals surface area contributed by atoms with E-state index in [-0.39, 0.29) is 23.7 Å². The molecule has 3 aliphatic carbocycles. The molecule has 3 aromatic rings. The Bertz CT molecular complexity index is 1380. The number of nitrogens with zero attached hydrogens (tertiary/aromatic N) is 2. The van der Waals surface area contributed by atoms with Crippen molar-refractivity contribution >= 4 is 34.2 Å². The number of aromatic amines is 1. The van der Waals surface area contributed by atoms with E-state index in [2.05, 4.69) is 58.7 Å². The highest BCUT2D eigenvalue weighted by Gasteiger charge is 2.50. The molecular formula is C33H42N4O3. The smallest absolute Gasteiger partial charge is 0.308 e. The molecular weight excluding hydrogens is 500 g/mol. The highest BCUT2D eigenvalue weighted by atomic mass is 16.6. The minimum Gasteiger partial charge on any atom is -0.458 e. The summed E-state index contributed by atoms with van der Waals surface area (Å²) in [5.41, 5.74) is 4.75. The first-order chi connectivity index (χ1) is 19.2. The van der Waals surface area contributed by atoms with Crippen LogP contribution in [0, 0.1) is 17.8 Å². The van der Waals surface area contributed by atoms with Crippen molar-refractivity contribution in [2.75, 3.05) is 25.5 Å². The van der Waals surface area contributed by atoms with Gasteiger partial charge in [-0.1, -0.05) is 56.3 Å². The highest BCUT2D eigenvalue weighted by molar-refractivity contribution is 5.98. The number of allylic oxidation sites excluding steroid dienone is 1. The van der Waals surface area contributed by atoms with Crippen molar-refractivity contribution in [3.05, 3.63) is 66.0 Å². The van der Waals surface area contributed by atoms with Crippen LogP contribution in [0.4, 0.5) is 5.69 Å². The number of nitrogens with one attached hydrogen (secondary N) is 2. The fourth-order valence-corrected chi connectivity index (χ4v) is 6.40. The summed E-state index contributed by atoms with van der Waals surface area (Å²) in [7, 11) is 2.15. The number of para-hydroxylation sites is 1. The second-order valence-electron chi connectivity index (χ2n) is 11.9. The van der Waals surface area contributed by atoms with Gasteiger partial charge in [0, 0.05) is 32.2 Å². The minimum absolute atomic E-state index is 0.0895. The van der Waals surface area contributed by atoms with Crippen molar-refractivity contribution in [3.63, 3.8) is 0 Å². The van der Waals surface area contributed by atoms with Gasteiger partial charge in [0.15, 0.2) is 0 Å². The molecule has 2 N–H and O–H groups in total. The zero-order chi connectivity index (χ0) is 28.3. The highest BCUT2D eigenvalue weighted by Crippen LogP contribution is 2.53. The molecule has 6 rings (SSSR count). The van der Waals surface area contributed by atoms with Crippen LogP contribution in [0.1, 0.15) is 64.3 Å². The quantitative estimate of drug-likeness (QED) is 0.281. The van der Waals surface area contributed by atoms with E-state index in [0.717, 1.165) is 74.2 Å². The fourth-order valence-electron chi connectivity index (χ4n) is 6.40. The van der Waals surface area contributed by atoms with Gasteiger partial charge in [-0.25, -0.2) is 4.98 Å². The lowest BCUT2D eigenvalue weighted by Gasteiger charge is -2.50. The van der Waals surface area contributed by atoms with Crippen LogP contribution in [-0.4, -0.2) is 52.5 Å². The molecule has 0 radical (unpaired) electrons. The normalized spacial score (nSPS) is 22.1. The SMILES string of the molecule is CC(=O)Nc1cccc2[nH]c(CCCN(C)CC[C@]3(OC(=O)C(C)C)C[C@H]4CC[C@H]3C=C4c3ccccc3)nc12. The molecule has 3 aliphatic rings. The van der Waals surface area contributed by atoms with Crippen LogP contribution in [0.3, 0.4) is 0 Å². The molecule has 7 nitrogen and oxygen atoms in total. The number of imidazole rings is 1. The summed E-state index contributed by atoms with van der Waals surface area (Å²) in [6.45, 7) is 7.14. The van der Waals surface area contributed by atoms with Gasteiger partial charge in [0.05, 0.1) is 17.1 Å². The van der Waals surface area contributed by atoms with Crippen LogP contribution in [-0.2, 0) is 20.7 Å². The summed E-state index contributed by atoms with van der Waals surface area (Å²) >= 11 is 0. The summed E-state index contributed by atoms with van der Waals surface area (Å²) in [6.07, 6.45) is 8.16. The molecule has 7 heteroatoms. The van der Waals surface area contributed by atoms with Gasteiger partial charge in [-0.15, -0.1) is 0 Å². The Kier molecular flexibility index (Phi) is 8.40. The molecule has 1 aromatic heterocycles. The van der Waals surface area contributed by atoms with Gasteiger partial charge < -0.3 is 19.9 Å². The number of fused-ring (bicyclic) bond motifs is 3. The van der Waals surface area contributed by atoms with Crippen molar-refractivity contribution in [2.24, 2.45) is 17.8 Å². The summed E-state index contributed by atoms with van der Waals surface area (Å²) in [6, 6.07) is 16.4. The van der Waals surface area contributed by atoms with Crippen LogP contribution in [0.5, 0.6) is 0 Å². The lowest BCUT2D eigenvalue weighted by molar-refractivity contribution is -0.176. The zero-order valence-electron chi connectivity index (χ0n) is 24.2. The van der Waals surface area contributed by atoms with Crippen molar-refractivity contribution in [3.8, 4) is 0 Å². The molecule has 212 valence electrons. The van der Waals surface area contributed by atoms with E-state index in [4.69, 9.17) is 9.72 Å². The summed E-state index contributed by atoms with van der Waals surface area (Å²) in [5, 5.41) is 2.86. The van der Waals surface area contributed by atoms with Crippen molar-refractivity contribution in [2.45, 2.75) is 64.9 Å². The molecule has 0 spiro atoms. The minimum atomic E-state index is -0.435. The van der Waals surface area contributed by atoms with E-state index < -0.39 is 5.60 Å². The van der Waals surface area contributed by atoms with Gasteiger partial charge >= 0.3 is 5.97 Å². The zero-order valence-corrected chi connectivity index (χ0v) is 24.2. The van der Waals surface area contributed by atoms with E-state index in [1.807, 2.05) is 32.0 Å². The molecule has 1 heterocycles. The average molecular weight is 543 g/mol. The first-order valence-electron chi connectivity index (χ1n) is 14.7. The number of hydrogen-bond acceptors (Lipinski definition) is 5. The molecule has 0 aliphatic heterocycles. The number of benzene rings is 2. The summed E-state index contributed by atoms with van der Waals surface area (Å²) < 4.78 is 6.40. The van der Waals surface area contributed by atoms with E-state index in [0.29, 0.717) is 5.92 Å². The number of aryl methyl sites for hydroxylation is 1. The lowest BCUT2D eigenvalue weighted by atomic mass is 9.60. The maximum absolute atomic E-state index is 12.9. The van der Waals surface area contributed by atoms with E-state index in [9.17, 15) is 9.59 Å². The Hall–Kier alpha value is -3.45. The Labute approximate surface area is 237 Å². The predicted molar refractivity (Wildman–Crippen MR) is 160 cm³/mol. The third-order valence-electron chi connectivity index (χ3n) is 8.54. The molecule has 0 unspecified atom stereocenters. The van der Waals surface area contributed by atoms with Crippen molar-refractivity contribution in [1.29, 1.82) is 0 Å². The van der Waals surface area contributed by atoms with E-state index in [1.165, 1.54) is 18.1 Å². The van der Waals surface area contributed by atoms with Crippen LogP contribution >= 0.6 is 0 Å². The van der Waals surface area contributed by atoms with E-state index in [1.54, 1.807) is 0 Å². The largest absolute Gasteiger partial charge is 0.458 e. The van der Waals surface area contributed by atoms with Gasteiger partial charge in [-0.3, -0.25) is 9.59 Å². The monoisotopic (exact) mass is 542 g/mol. The van der Waals surface area contributed by atoms with Crippen molar-refractivity contribution in [1.82, 2.24) is 14.9 Å². The van der Waals surface area contributed by atoms with Gasteiger partial charge in [0.2, 0.25) is 5.91 Å². The lowest BCUT2D eigenvalue weighted by Crippen LogP contribution is -2.51. The maximum Gasteiger partial charge on any atom is 0.308 e. The number of H-pyrrole nitrogens is 1. The second-order valence-corrected chi connectivity index (χ2v) is 11.9. The number of aromatic nitrogens is 2. The Balaban J connectivity index is 1.22. The topological polar surface area (TPSA) is 87.3 Å². The summed E-state index contributed by atoms with van der Waals surface area (Å²) in [5.74, 6) is 1.27. The number of carbonyl (C=O) groups is 2. The number of amides is 1. The number of rotatable bonds is 11. The Morgan fingerprint density at radius 2 is 1.93 bits per heavy atom. The van der Waals surface area contributed by atoms with Crippen LogP contribution in [0.2, 0.25) is 0 Å². The number of esters is 1. The number of ether oxygens (including phenoxy) is 1. The Morgan fingerprint density at radius 3 is 2.62 bits per heavy atom. The molecule has 1 amide bonds. The van der Waals surface area contributed by atoms with Gasteiger partial charge in [-0.2, -0.15) is 0 Å². The third-order valence-corrected chi connectivity index (χ3v) is 8.54. The molecule has 40 heavy (non-hydrogen) atoms. The fraction of sp³-hybridized carbons (Fsp3) is 0.485. The average Bonchev–Trinajstić information content (AvgIpc) is 3.36. The van der Waals surface area contributed by atoms with Gasteiger partial charge in [-0.05, 0) is 68.5 Å². The predicted octanol–water partition coefficient (Wildman–Crippen LogP) is 6.23. The first-order valence-corrected chi connectivity index (χ1v) is 14.7. The molecule has 1 fully saturated rings. The molecule has 3 atom stereocenters. The molecule has 2 aromatic carbocycles. The Morgan fingerprint density at radius 1 is 1.12 bits per heavy atom. The molecule has 1 saturated carbocycles. The van der Waals surface area contributed by atoms with Crippen LogP contribution < -0.4 is 5.32 Å². The number of anilines is 1. The van der Waals surface area contributed by atoms with E-state index >= 15 is 0 Å². The standard InChI is InChI=1S/C33H42N4O3/c1-22(2)32(39)40-33(21-25-15-16-26(33)20-27(25)24-10-6-5-7-11-24)17-19-37(4)18-9-14-30-35-29-13-8-12-28(31(29)36-30)34-23(3)38/h5-8,10-13,20,22,25-26H,9,14-19,21H2,1-4H3,(H,34,38)(H,35,36)/t25-,26+,33+/m1/s1. The second kappa shape index (κ2) is 12.0. The van der Waals surface area contributed by atoms with Crippen molar-refractivity contribution < 1.29 is 14.3 Å². The maximum atomic E-state index is 12.9. The molecule has 0 saturated heterocycles. The van der Waals surface area contributed by atoms with Gasteiger partial charge in [0.25, 0.3) is 0 Å².